The van der Waals surface area contributed by atoms with Crippen molar-refractivity contribution >= 4 is 28.4 Å². The van der Waals surface area contributed by atoms with Crippen molar-refractivity contribution in [3.8, 4) is 17.2 Å². The molecule has 1 fully saturated rings. The minimum atomic E-state index is 0.304. The molecular weight excluding hydrogens is 442 g/mol. The Morgan fingerprint density at radius 2 is 1.69 bits per heavy atom. The van der Waals surface area contributed by atoms with Crippen LogP contribution in [-0.4, -0.2) is 54.9 Å². The van der Waals surface area contributed by atoms with Gasteiger partial charge in [0.1, 0.15) is 11.6 Å². The monoisotopic (exact) mass is 469 g/mol. The molecule has 0 bridgehead atoms. The SMILES string of the molecule is COc1ccc(Nc2nc(N3CCN(Cc4ccc5c(c4)OCO5)CC3)nc3ccccc23)cc1. The van der Waals surface area contributed by atoms with Crippen LogP contribution in [0.1, 0.15) is 5.56 Å². The minimum absolute atomic E-state index is 0.304. The third-order valence-corrected chi connectivity index (χ3v) is 6.44. The molecule has 35 heavy (non-hydrogen) atoms. The van der Waals surface area contributed by atoms with Crippen LogP contribution in [-0.2, 0) is 6.54 Å². The molecule has 0 saturated carbocycles. The first-order chi connectivity index (χ1) is 17.2. The number of rotatable bonds is 6. The molecule has 0 amide bonds. The van der Waals surface area contributed by atoms with E-state index < -0.39 is 0 Å². The number of methoxy groups -OCH3 is 1. The van der Waals surface area contributed by atoms with E-state index in [2.05, 4.69) is 27.2 Å². The molecule has 1 saturated heterocycles. The van der Waals surface area contributed by atoms with Crippen LogP contribution in [0.4, 0.5) is 17.5 Å². The maximum Gasteiger partial charge on any atom is 0.231 e. The van der Waals surface area contributed by atoms with Gasteiger partial charge < -0.3 is 24.4 Å². The van der Waals surface area contributed by atoms with Gasteiger partial charge in [0.25, 0.3) is 0 Å². The first-order valence-corrected chi connectivity index (χ1v) is 11.8. The van der Waals surface area contributed by atoms with Crippen LogP contribution >= 0.6 is 0 Å². The molecule has 0 spiro atoms. The van der Waals surface area contributed by atoms with E-state index in [4.69, 9.17) is 24.2 Å². The fraction of sp³-hybridized carbons (Fsp3) is 0.259. The summed E-state index contributed by atoms with van der Waals surface area (Å²) in [6, 6.07) is 22.2. The van der Waals surface area contributed by atoms with Gasteiger partial charge in [-0.25, -0.2) is 4.98 Å². The summed E-state index contributed by atoms with van der Waals surface area (Å²) in [5.74, 6) is 4.04. The maximum absolute atomic E-state index is 5.53. The number of hydrogen-bond donors (Lipinski definition) is 1. The number of nitrogens with one attached hydrogen (secondary N) is 1. The van der Waals surface area contributed by atoms with Gasteiger partial charge in [-0.2, -0.15) is 4.98 Å². The predicted octanol–water partition coefficient (Wildman–Crippen LogP) is 4.43. The summed E-state index contributed by atoms with van der Waals surface area (Å²) in [7, 11) is 1.67. The van der Waals surface area contributed by atoms with Crippen LogP contribution in [0, 0.1) is 0 Å². The van der Waals surface area contributed by atoms with Crippen molar-refractivity contribution < 1.29 is 14.2 Å². The molecule has 178 valence electrons. The van der Waals surface area contributed by atoms with Crippen LogP contribution in [0.5, 0.6) is 17.2 Å². The molecule has 6 rings (SSSR count). The van der Waals surface area contributed by atoms with E-state index in [0.29, 0.717) is 6.79 Å². The fourth-order valence-electron chi connectivity index (χ4n) is 4.52. The van der Waals surface area contributed by atoms with Crippen molar-refractivity contribution in [1.29, 1.82) is 0 Å². The first-order valence-electron chi connectivity index (χ1n) is 11.8. The highest BCUT2D eigenvalue weighted by Gasteiger charge is 2.22. The highest BCUT2D eigenvalue weighted by molar-refractivity contribution is 5.91. The van der Waals surface area contributed by atoms with Gasteiger partial charge in [-0.05, 0) is 54.1 Å². The molecule has 0 radical (unpaired) electrons. The average molecular weight is 470 g/mol. The highest BCUT2D eigenvalue weighted by atomic mass is 16.7. The number of ether oxygens (including phenoxy) is 3. The van der Waals surface area contributed by atoms with Crippen molar-refractivity contribution in [3.63, 3.8) is 0 Å². The Balaban J connectivity index is 1.18. The van der Waals surface area contributed by atoms with E-state index in [1.54, 1.807) is 7.11 Å². The van der Waals surface area contributed by atoms with Gasteiger partial charge in [0.2, 0.25) is 12.7 Å². The zero-order chi connectivity index (χ0) is 23.6. The zero-order valence-corrected chi connectivity index (χ0v) is 19.6. The number of benzene rings is 3. The summed E-state index contributed by atoms with van der Waals surface area (Å²) in [5, 5.41) is 4.47. The van der Waals surface area contributed by atoms with E-state index >= 15 is 0 Å². The molecule has 3 heterocycles. The molecule has 0 atom stereocenters. The molecule has 2 aliphatic rings. The molecule has 0 unspecified atom stereocenters. The lowest BCUT2D eigenvalue weighted by atomic mass is 10.1. The maximum atomic E-state index is 5.53. The molecular formula is C27H27N5O3. The molecule has 0 aliphatic carbocycles. The lowest BCUT2D eigenvalue weighted by Crippen LogP contribution is -2.46. The van der Waals surface area contributed by atoms with Gasteiger partial charge in [-0.1, -0.05) is 18.2 Å². The Morgan fingerprint density at radius 3 is 2.51 bits per heavy atom. The second-order valence-electron chi connectivity index (χ2n) is 8.69. The fourth-order valence-corrected chi connectivity index (χ4v) is 4.52. The number of nitrogens with zero attached hydrogens (tertiary/aromatic N) is 4. The highest BCUT2D eigenvalue weighted by Crippen LogP contribution is 2.33. The Hall–Kier alpha value is -4.04. The van der Waals surface area contributed by atoms with Gasteiger partial charge in [0.15, 0.2) is 11.5 Å². The smallest absolute Gasteiger partial charge is 0.231 e. The largest absolute Gasteiger partial charge is 0.497 e. The zero-order valence-electron chi connectivity index (χ0n) is 19.6. The number of para-hydroxylation sites is 1. The Kier molecular flexibility index (Phi) is 5.71. The average Bonchev–Trinajstić information content (AvgIpc) is 3.37. The Bertz CT molecular complexity index is 1340. The Labute approximate surface area is 204 Å². The number of piperazine rings is 1. The van der Waals surface area contributed by atoms with Crippen molar-refractivity contribution in [3.05, 3.63) is 72.3 Å². The summed E-state index contributed by atoms with van der Waals surface area (Å²) < 4.78 is 16.2. The van der Waals surface area contributed by atoms with E-state index in [1.807, 2.05) is 54.6 Å². The standard InChI is InChI=1S/C27H27N5O3/c1-33-21-9-7-20(8-10-21)28-26-22-4-2-3-5-23(22)29-27(30-26)32-14-12-31(13-15-32)17-19-6-11-24-25(16-19)35-18-34-24/h2-11,16H,12-15,17-18H2,1H3,(H,28,29,30). The van der Waals surface area contributed by atoms with Crippen molar-refractivity contribution in [1.82, 2.24) is 14.9 Å². The molecule has 8 heteroatoms. The van der Waals surface area contributed by atoms with Crippen molar-refractivity contribution in [2.45, 2.75) is 6.54 Å². The third-order valence-electron chi connectivity index (χ3n) is 6.44. The first kappa shape index (κ1) is 21.5. The number of anilines is 3. The van der Waals surface area contributed by atoms with Gasteiger partial charge in [0.05, 0.1) is 12.6 Å². The van der Waals surface area contributed by atoms with Gasteiger partial charge in [-0.15, -0.1) is 0 Å². The van der Waals surface area contributed by atoms with E-state index in [-0.39, 0.29) is 0 Å². The molecule has 8 nitrogen and oxygen atoms in total. The van der Waals surface area contributed by atoms with Gasteiger partial charge in [-0.3, -0.25) is 4.90 Å². The van der Waals surface area contributed by atoms with Crippen LogP contribution in [0.15, 0.2) is 66.7 Å². The summed E-state index contributed by atoms with van der Waals surface area (Å²) in [5.41, 5.74) is 3.11. The predicted molar refractivity (Wildman–Crippen MR) is 136 cm³/mol. The molecule has 4 aromatic rings. The second-order valence-corrected chi connectivity index (χ2v) is 8.69. The summed E-state index contributed by atoms with van der Waals surface area (Å²) in [6.07, 6.45) is 0. The van der Waals surface area contributed by atoms with E-state index in [1.165, 1.54) is 5.56 Å². The number of aromatic nitrogens is 2. The molecule has 1 N–H and O–H groups in total. The van der Waals surface area contributed by atoms with Crippen LogP contribution < -0.4 is 24.4 Å². The molecule has 2 aliphatic heterocycles. The lowest BCUT2D eigenvalue weighted by Gasteiger charge is -2.35. The molecule has 3 aromatic carbocycles. The number of fused-ring (bicyclic) bond motifs is 2. The van der Waals surface area contributed by atoms with Crippen LogP contribution in [0.2, 0.25) is 0 Å². The van der Waals surface area contributed by atoms with E-state index in [0.717, 1.165) is 78.3 Å². The van der Waals surface area contributed by atoms with Crippen LogP contribution in [0.25, 0.3) is 10.9 Å². The summed E-state index contributed by atoms with van der Waals surface area (Å²) >= 11 is 0. The topological polar surface area (TPSA) is 72.0 Å². The minimum Gasteiger partial charge on any atom is -0.497 e. The molecule has 1 aromatic heterocycles. The van der Waals surface area contributed by atoms with Gasteiger partial charge >= 0.3 is 0 Å². The van der Waals surface area contributed by atoms with Gasteiger partial charge in [0, 0.05) is 43.8 Å². The lowest BCUT2D eigenvalue weighted by molar-refractivity contribution is 0.174. The van der Waals surface area contributed by atoms with Crippen LogP contribution in [0.3, 0.4) is 0 Å². The van der Waals surface area contributed by atoms with Crippen molar-refractivity contribution in [2.24, 2.45) is 0 Å². The third kappa shape index (κ3) is 4.52. The second kappa shape index (κ2) is 9.31. The quantitative estimate of drug-likeness (QED) is 0.445. The number of hydrogen-bond acceptors (Lipinski definition) is 8. The Morgan fingerprint density at radius 1 is 0.886 bits per heavy atom. The summed E-state index contributed by atoms with van der Waals surface area (Å²) in [6.45, 7) is 4.79. The van der Waals surface area contributed by atoms with Crippen molar-refractivity contribution in [2.75, 3.05) is 50.3 Å². The summed E-state index contributed by atoms with van der Waals surface area (Å²) in [4.78, 5) is 14.5. The van der Waals surface area contributed by atoms with E-state index in [9.17, 15) is 0 Å². The normalized spacial score (nSPS) is 15.4.